The first-order valence-corrected chi connectivity index (χ1v) is 5.83. The Balaban J connectivity index is 2.01. The van der Waals surface area contributed by atoms with Crippen molar-refractivity contribution < 1.29 is 9.31 Å². The van der Waals surface area contributed by atoms with Crippen molar-refractivity contribution >= 4 is 7.12 Å². The van der Waals surface area contributed by atoms with E-state index in [0.717, 1.165) is 25.8 Å². The van der Waals surface area contributed by atoms with Crippen LogP contribution >= 0.6 is 0 Å². The second-order valence-electron chi connectivity index (χ2n) is 4.00. The molecule has 0 amide bonds. The van der Waals surface area contributed by atoms with Gasteiger partial charge in [-0.2, -0.15) is 0 Å². The summed E-state index contributed by atoms with van der Waals surface area (Å²) < 4.78 is 11.4. The lowest BCUT2D eigenvalue weighted by Crippen LogP contribution is -2.20. The van der Waals surface area contributed by atoms with Gasteiger partial charge in [0, 0.05) is 6.61 Å². The number of hydrogen-bond donors (Lipinski definition) is 0. The quantitative estimate of drug-likeness (QED) is 0.555. The number of benzene rings is 1. The summed E-state index contributed by atoms with van der Waals surface area (Å²) in [7, 11) is -0.0369. The van der Waals surface area contributed by atoms with E-state index in [2.05, 4.69) is 18.7 Å². The molecule has 0 radical (unpaired) electrons. The van der Waals surface area contributed by atoms with E-state index >= 15 is 0 Å². The molecular weight excluding hydrogens is 199 g/mol. The van der Waals surface area contributed by atoms with Gasteiger partial charge in [-0.25, -0.2) is 0 Å². The zero-order chi connectivity index (χ0) is 11.2. The van der Waals surface area contributed by atoms with Crippen molar-refractivity contribution in [3.63, 3.8) is 0 Å². The van der Waals surface area contributed by atoms with Crippen LogP contribution in [0.5, 0.6) is 0 Å². The fourth-order valence-corrected chi connectivity index (χ4v) is 1.93. The van der Waals surface area contributed by atoms with E-state index in [0.29, 0.717) is 0 Å². The zero-order valence-electron chi connectivity index (χ0n) is 9.47. The molecule has 1 saturated heterocycles. The van der Waals surface area contributed by atoms with E-state index in [1.54, 1.807) is 0 Å². The minimum atomic E-state index is -0.0369. The summed E-state index contributed by atoms with van der Waals surface area (Å²) in [5.74, 6) is 0. The van der Waals surface area contributed by atoms with Gasteiger partial charge in [-0.1, -0.05) is 36.4 Å². The molecule has 1 aliphatic rings. The van der Waals surface area contributed by atoms with Crippen molar-refractivity contribution in [2.45, 2.75) is 25.3 Å². The predicted octanol–water partition coefficient (Wildman–Crippen LogP) is 3.23. The van der Waals surface area contributed by atoms with Crippen LogP contribution in [0.15, 0.2) is 43.0 Å². The lowest BCUT2D eigenvalue weighted by molar-refractivity contribution is 0.155. The van der Waals surface area contributed by atoms with E-state index in [-0.39, 0.29) is 13.2 Å². The molecule has 1 aromatic rings. The Kier molecular flexibility index (Phi) is 4.20. The van der Waals surface area contributed by atoms with Crippen LogP contribution in [0.1, 0.15) is 24.5 Å². The summed E-state index contributed by atoms with van der Waals surface area (Å²) >= 11 is 0. The maximum atomic E-state index is 5.94. The first kappa shape index (κ1) is 11.4. The van der Waals surface area contributed by atoms with Crippen molar-refractivity contribution in [3.05, 3.63) is 48.6 Å². The molecule has 84 valence electrons. The normalized spacial score (nSPS) is 17.4. The first-order valence-electron chi connectivity index (χ1n) is 5.83. The SMILES string of the molecule is C=CCC(OB1CCCO1)c1ccccc1. The Morgan fingerprint density at radius 2 is 2.25 bits per heavy atom. The van der Waals surface area contributed by atoms with E-state index in [1.165, 1.54) is 5.56 Å². The standard InChI is InChI=1S/C13H17BO2/c1-2-7-13(12-8-4-3-5-9-12)16-14-10-6-11-15-14/h2-5,8-9,13H,1,6-7,10-11H2. The fourth-order valence-electron chi connectivity index (χ4n) is 1.93. The van der Waals surface area contributed by atoms with Gasteiger partial charge in [-0.05, 0) is 24.7 Å². The van der Waals surface area contributed by atoms with Crippen molar-refractivity contribution in [1.82, 2.24) is 0 Å². The Hall–Kier alpha value is -1.06. The second-order valence-corrected chi connectivity index (χ2v) is 4.00. The molecule has 1 unspecified atom stereocenters. The van der Waals surface area contributed by atoms with Gasteiger partial charge in [0.1, 0.15) is 0 Å². The van der Waals surface area contributed by atoms with Gasteiger partial charge in [0.2, 0.25) is 0 Å². The van der Waals surface area contributed by atoms with Crippen LogP contribution < -0.4 is 0 Å². The third-order valence-electron chi connectivity index (χ3n) is 2.76. The smallest absolute Gasteiger partial charge is 0.411 e. The van der Waals surface area contributed by atoms with Crippen LogP contribution in [-0.4, -0.2) is 13.7 Å². The molecule has 0 bridgehead atoms. The van der Waals surface area contributed by atoms with Crippen LogP contribution in [0.25, 0.3) is 0 Å². The van der Waals surface area contributed by atoms with Gasteiger partial charge in [0.15, 0.2) is 0 Å². The van der Waals surface area contributed by atoms with Gasteiger partial charge in [0.25, 0.3) is 0 Å². The molecule has 0 aliphatic carbocycles. The fraction of sp³-hybridized carbons (Fsp3) is 0.385. The molecule has 1 heterocycles. The summed E-state index contributed by atoms with van der Waals surface area (Å²) in [6, 6.07) is 10.3. The van der Waals surface area contributed by atoms with Crippen LogP contribution in [-0.2, 0) is 9.31 Å². The molecule has 1 atom stereocenters. The van der Waals surface area contributed by atoms with Gasteiger partial charge >= 0.3 is 7.12 Å². The molecule has 1 aliphatic heterocycles. The molecule has 2 nitrogen and oxygen atoms in total. The minimum Gasteiger partial charge on any atom is -0.411 e. The summed E-state index contributed by atoms with van der Waals surface area (Å²) in [5, 5.41) is 0. The van der Waals surface area contributed by atoms with Crippen molar-refractivity contribution in [1.29, 1.82) is 0 Å². The molecule has 0 N–H and O–H groups in total. The Morgan fingerprint density at radius 3 is 2.88 bits per heavy atom. The highest BCUT2D eigenvalue weighted by molar-refractivity contribution is 6.45. The zero-order valence-corrected chi connectivity index (χ0v) is 9.47. The van der Waals surface area contributed by atoms with Gasteiger partial charge in [-0.15, -0.1) is 6.58 Å². The van der Waals surface area contributed by atoms with Gasteiger partial charge in [-0.3, -0.25) is 0 Å². The molecule has 0 spiro atoms. The lowest BCUT2D eigenvalue weighted by atomic mass is 9.85. The van der Waals surface area contributed by atoms with Crippen molar-refractivity contribution in [2.75, 3.05) is 6.61 Å². The molecule has 0 aromatic heterocycles. The summed E-state index contributed by atoms with van der Waals surface area (Å²) in [5.41, 5.74) is 1.19. The van der Waals surface area contributed by atoms with Crippen molar-refractivity contribution in [2.24, 2.45) is 0 Å². The van der Waals surface area contributed by atoms with E-state index < -0.39 is 0 Å². The second kappa shape index (κ2) is 5.87. The third-order valence-corrected chi connectivity index (χ3v) is 2.76. The van der Waals surface area contributed by atoms with Crippen LogP contribution in [0.4, 0.5) is 0 Å². The van der Waals surface area contributed by atoms with E-state index in [9.17, 15) is 0 Å². The van der Waals surface area contributed by atoms with E-state index in [1.807, 2.05) is 24.3 Å². The van der Waals surface area contributed by atoms with Crippen LogP contribution in [0.2, 0.25) is 6.32 Å². The van der Waals surface area contributed by atoms with Crippen LogP contribution in [0, 0.1) is 0 Å². The number of hydrogen-bond acceptors (Lipinski definition) is 2. The summed E-state index contributed by atoms with van der Waals surface area (Å²) in [4.78, 5) is 0. The highest BCUT2D eigenvalue weighted by Crippen LogP contribution is 2.25. The molecule has 1 fully saturated rings. The predicted molar refractivity (Wildman–Crippen MR) is 66.2 cm³/mol. The van der Waals surface area contributed by atoms with E-state index in [4.69, 9.17) is 9.31 Å². The Bertz CT molecular complexity index is 320. The van der Waals surface area contributed by atoms with Gasteiger partial charge in [0.05, 0.1) is 6.10 Å². The molecule has 1 aromatic carbocycles. The average Bonchev–Trinajstić information content (AvgIpc) is 2.83. The summed E-state index contributed by atoms with van der Waals surface area (Å²) in [6.07, 6.45) is 4.89. The largest absolute Gasteiger partial charge is 0.457 e. The highest BCUT2D eigenvalue weighted by atomic mass is 16.6. The highest BCUT2D eigenvalue weighted by Gasteiger charge is 2.27. The van der Waals surface area contributed by atoms with Crippen molar-refractivity contribution in [3.8, 4) is 0 Å². The lowest BCUT2D eigenvalue weighted by Gasteiger charge is -2.19. The molecule has 3 heteroatoms. The maximum Gasteiger partial charge on any atom is 0.457 e. The number of rotatable bonds is 5. The molecule has 2 rings (SSSR count). The Labute approximate surface area is 97.4 Å². The topological polar surface area (TPSA) is 18.5 Å². The summed E-state index contributed by atoms with van der Waals surface area (Å²) in [6.45, 7) is 4.60. The minimum absolute atomic E-state index is 0.0369. The monoisotopic (exact) mass is 216 g/mol. The maximum absolute atomic E-state index is 5.94. The average molecular weight is 216 g/mol. The molecule has 16 heavy (non-hydrogen) atoms. The molecule has 0 saturated carbocycles. The molecular formula is C13H17BO2. The van der Waals surface area contributed by atoms with Crippen LogP contribution in [0.3, 0.4) is 0 Å². The first-order chi connectivity index (χ1) is 7.90. The third kappa shape index (κ3) is 2.97. The Morgan fingerprint density at radius 1 is 1.44 bits per heavy atom. The van der Waals surface area contributed by atoms with Gasteiger partial charge < -0.3 is 9.31 Å².